The van der Waals surface area contributed by atoms with Crippen molar-refractivity contribution < 1.29 is 13.9 Å². The van der Waals surface area contributed by atoms with E-state index in [9.17, 15) is 13.9 Å². The number of benzene rings is 1. The van der Waals surface area contributed by atoms with E-state index in [1.165, 1.54) is 24.3 Å². The van der Waals surface area contributed by atoms with E-state index < -0.39 is 11.4 Å². The predicted octanol–water partition coefficient (Wildman–Crippen LogP) is 3.31. The number of aromatic nitrogens is 1. The van der Waals surface area contributed by atoms with Crippen molar-refractivity contribution in [2.75, 3.05) is 0 Å². The van der Waals surface area contributed by atoms with E-state index in [1.54, 1.807) is 19.9 Å². The summed E-state index contributed by atoms with van der Waals surface area (Å²) in [5.41, 5.74) is 0.225. The molecule has 0 aliphatic rings. The molecule has 4 heteroatoms. The summed E-state index contributed by atoms with van der Waals surface area (Å²) in [5, 5.41) is 10.8. The molecule has 0 aliphatic carbocycles. The minimum absolute atomic E-state index is 0.353. The van der Waals surface area contributed by atoms with Crippen LogP contribution in [0, 0.1) is 18.6 Å². The standard InChI is InChI=1S/C15H15F2NO/c1-3-15(19,14-7-5-12(17)9-18-14)13-6-4-11(16)8-10(13)2/h4-9,19H,3H2,1-2H3. The van der Waals surface area contributed by atoms with Gasteiger partial charge in [0.25, 0.3) is 0 Å². The average molecular weight is 263 g/mol. The number of aliphatic hydroxyl groups is 1. The maximum absolute atomic E-state index is 13.1. The molecule has 1 aromatic heterocycles. The van der Waals surface area contributed by atoms with Gasteiger partial charge in [-0.2, -0.15) is 0 Å². The molecule has 100 valence electrons. The largest absolute Gasteiger partial charge is 0.379 e. The van der Waals surface area contributed by atoms with Crippen molar-refractivity contribution in [3.05, 3.63) is 65.0 Å². The normalized spacial score (nSPS) is 14.2. The van der Waals surface area contributed by atoms with Crippen LogP contribution in [0.15, 0.2) is 36.5 Å². The Morgan fingerprint density at radius 1 is 1.16 bits per heavy atom. The molecule has 1 atom stereocenters. The smallest absolute Gasteiger partial charge is 0.141 e. The Hall–Kier alpha value is -1.81. The van der Waals surface area contributed by atoms with Crippen LogP contribution in [0.3, 0.4) is 0 Å². The van der Waals surface area contributed by atoms with Crippen molar-refractivity contribution in [3.63, 3.8) is 0 Å². The molecule has 0 saturated heterocycles. The molecule has 2 aromatic rings. The van der Waals surface area contributed by atoms with Crippen LogP contribution in [-0.2, 0) is 5.60 Å². The molecular weight excluding hydrogens is 248 g/mol. The fourth-order valence-corrected chi connectivity index (χ4v) is 2.22. The molecular formula is C15H15F2NO. The number of hydrogen-bond donors (Lipinski definition) is 1. The molecule has 0 saturated carbocycles. The van der Waals surface area contributed by atoms with Gasteiger partial charge in [0.1, 0.15) is 17.2 Å². The Kier molecular flexibility index (Phi) is 3.62. The highest BCUT2D eigenvalue weighted by molar-refractivity contribution is 5.38. The van der Waals surface area contributed by atoms with Crippen molar-refractivity contribution in [2.24, 2.45) is 0 Å². The number of pyridine rings is 1. The second-order valence-corrected chi connectivity index (χ2v) is 4.53. The first-order valence-corrected chi connectivity index (χ1v) is 6.08. The molecule has 0 fully saturated rings. The Labute approximate surface area is 110 Å². The van der Waals surface area contributed by atoms with Gasteiger partial charge in [0.2, 0.25) is 0 Å². The molecule has 0 bridgehead atoms. The summed E-state index contributed by atoms with van der Waals surface area (Å²) in [6.07, 6.45) is 1.42. The van der Waals surface area contributed by atoms with Gasteiger partial charge in [-0.15, -0.1) is 0 Å². The third kappa shape index (κ3) is 2.49. The van der Waals surface area contributed by atoms with Crippen molar-refractivity contribution >= 4 is 0 Å². The topological polar surface area (TPSA) is 33.1 Å². The zero-order chi connectivity index (χ0) is 14.0. The van der Waals surface area contributed by atoms with E-state index in [0.29, 0.717) is 23.2 Å². The van der Waals surface area contributed by atoms with Crippen LogP contribution < -0.4 is 0 Å². The molecule has 2 rings (SSSR count). The minimum Gasteiger partial charge on any atom is -0.379 e. The highest BCUT2D eigenvalue weighted by Gasteiger charge is 2.32. The van der Waals surface area contributed by atoms with Gasteiger partial charge in [-0.05, 0) is 48.7 Å². The van der Waals surface area contributed by atoms with Gasteiger partial charge < -0.3 is 5.11 Å². The van der Waals surface area contributed by atoms with Crippen LogP contribution in [0.25, 0.3) is 0 Å². The van der Waals surface area contributed by atoms with Gasteiger partial charge in [0.05, 0.1) is 11.9 Å². The lowest BCUT2D eigenvalue weighted by atomic mass is 9.85. The fraction of sp³-hybridized carbons (Fsp3) is 0.267. The number of halogens is 2. The van der Waals surface area contributed by atoms with Gasteiger partial charge in [-0.25, -0.2) is 8.78 Å². The zero-order valence-corrected chi connectivity index (χ0v) is 10.8. The molecule has 0 spiro atoms. The van der Waals surface area contributed by atoms with Crippen LogP contribution >= 0.6 is 0 Å². The number of nitrogens with zero attached hydrogens (tertiary/aromatic N) is 1. The lowest BCUT2D eigenvalue weighted by Crippen LogP contribution is -2.28. The van der Waals surface area contributed by atoms with Gasteiger partial charge in [-0.3, -0.25) is 4.98 Å². The fourth-order valence-electron chi connectivity index (χ4n) is 2.22. The summed E-state index contributed by atoms with van der Waals surface area (Å²) in [5.74, 6) is -0.815. The summed E-state index contributed by atoms with van der Waals surface area (Å²) >= 11 is 0. The Balaban J connectivity index is 2.56. The van der Waals surface area contributed by atoms with Crippen LogP contribution in [0.2, 0.25) is 0 Å². The molecule has 0 radical (unpaired) electrons. The van der Waals surface area contributed by atoms with E-state index in [0.717, 1.165) is 6.20 Å². The van der Waals surface area contributed by atoms with Gasteiger partial charge >= 0.3 is 0 Å². The molecule has 19 heavy (non-hydrogen) atoms. The summed E-state index contributed by atoms with van der Waals surface area (Å²) in [6, 6.07) is 6.90. The van der Waals surface area contributed by atoms with E-state index >= 15 is 0 Å². The van der Waals surface area contributed by atoms with Crippen LogP contribution in [0.5, 0.6) is 0 Å². The lowest BCUT2D eigenvalue weighted by Gasteiger charge is -2.28. The first kappa shape index (κ1) is 13.6. The quantitative estimate of drug-likeness (QED) is 0.921. The van der Waals surface area contributed by atoms with Crippen molar-refractivity contribution in [3.8, 4) is 0 Å². The molecule has 1 heterocycles. The van der Waals surface area contributed by atoms with Crippen LogP contribution in [-0.4, -0.2) is 10.1 Å². The first-order valence-electron chi connectivity index (χ1n) is 6.08. The molecule has 0 amide bonds. The molecule has 1 aromatic carbocycles. The molecule has 0 aliphatic heterocycles. The van der Waals surface area contributed by atoms with Crippen molar-refractivity contribution in [1.82, 2.24) is 4.98 Å². The number of hydrogen-bond acceptors (Lipinski definition) is 2. The Bertz CT molecular complexity index is 583. The SMILES string of the molecule is CCC(O)(c1ccc(F)cn1)c1ccc(F)cc1C. The monoisotopic (exact) mass is 263 g/mol. The zero-order valence-electron chi connectivity index (χ0n) is 10.8. The highest BCUT2D eigenvalue weighted by Crippen LogP contribution is 2.33. The third-order valence-electron chi connectivity index (χ3n) is 3.30. The molecule has 1 N–H and O–H groups in total. The van der Waals surface area contributed by atoms with Crippen molar-refractivity contribution in [2.45, 2.75) is 25.9 Å². The number of aryl methyl sites for hydroxylation is 1. The highest BCUT2D eigenvalue weighted by atomic mass is 19.1. The van der Waals surface area contributed by atoms with E-state index in [-0.39, 0.29) is 5.82 Å². The summed E-state index contributed by atoms with van der Waals surface area (Å²) in [4.78, 5) is 3.94. The summed E-state index contributed by atoms with van der Waals surface area (Å²) in [6.45, 7) is 3.52. The van der Waals surface area contributed by atoms with E-state index in [4.69, 9.17) is 0 Å². The summed E-state index contributed by atoms with van der Waals surface area (Å²) in [7, 11) is 0. The third-order valence-corrected chi connectivity index (χ3v) is 3.30. The molecule has 1 unspecified atom stereocenters. The number of rotatable bonds is 3. The van der Waals surface area contributed by atoms with Crippen molar-refractivity contribution in [1.29, 1.82) is 0 Å². The predicted molar refractivity (Wildman–Crippen MR) is 68.6 cm³/mol. The first-order chi connectivity index (χ1) is 8.97. The maximum Gasteiger partial charge on any atom is 0.141 e. The average Bonchev–Trinajstić information content (AvgIpc) is 2.38. The lowest BCUT2D eigenvalue weighted by molar-refractivity contribution is 0.0710. The Morgan fingerprint density at radius 2 is 1.84 bits per heavy atom. The molecule has 2 nitrogen and oxygen atoms in total. The Morgan fingerprint density at radius 3 is 2.37 bits per heavy atom. The van der Waals surface area contributed by atoms with Gasteiger partial charge in [0.15, 0.2) is 0 Å². The van der Waals surface area contributed by atoms with E-state index in [2.05, 4.69) is 4.98 Å². The van der Waals surface area contributed by atoms with Gasteiger partial charge in [0, 0.05) is 0 Å². The van der Waals surface area contributed by atoms with E-state index in [1.807, 2.05) is 0 Å². The second-order valence-electron chi connectivity index (χ2n) is 4.53. The second kappa shape index (κ2) is 5.05. The minimum atomic E-state index is -1.34. The van der Waals surface area contributed by atoms with Gasteiger partial charge in [-0.1, -0.05) is 13.0 Å². The van der Waals surface area contributed by atoms with Crippen LogP contribution in [0.1, 0.15) is 30.2 Å². The summed E-state index contributed by atoms with van der Waals surface area (Å²) < 4.78 is 26.1. The van der Waals surface area contributed by atoms with Crippen LogP contribution in [0.4, 0.5) is 8.78 Å². The maximum atomic E-state index is 13.1.